The molecule has 4 nitrogen and oxygen atoms in total. The van der Waals surface area contributed by atoms with Crippen molar-refractivity contribution >= 4 is 0 Å². The van der Waals surface area contributed by atoms with Crippen molar-refractivity contribution in [1.82, 2.24) is 10.2 Å². The van der Waals surface area contributed by atoms with E-state index in [1.54, 1.807) is 13.2 Å². The first kappa shape index (κ1) is 15.1. The second-order valence-corrected chi connectivity index (χ2v) is 6.21. The third-order valence-corrected chi connectivity index (χ3v) is 4.35. The van der Waals surface area contributed by atoms with Gasteiger partial charge in [-0.05, 0) is 44.5 Å². The van der Waals surface area contributed by atoms with Gasteiger partial charge in [0.2, 0.25) is 0 Å². The fourth-order valence-electron chi connectivity index (χ4n) is 2.65. The minimum absolute atomic E-state index is 0.297. The Bertz CT molecular complexity index is 440. The Hall–Kier alpha value is -1.26. The molecular formula is C16H26N2O2. The number of hydrogen-bond donors (Lipinski definition) is 2. The van der Waals surface area contributed by atoms with E-state index in [0.717, 1.165) is 12.1 Å². The lowest BCUT2D eigenvalue weighted by molar-refractivity contribution is 0.136. The van der Waals surface area contributed by atoms with Crippen molar-refractivity contribution in [2.45, 2.75) is 26.3 Å². The standard InChI is InChI=1S/C16H26N2O2/c1-16(6-8-18(2)9-7-16)12-17-11-13-4-5-14(20-3)10-15(13)19/h4-5,10,17,19H,6-9,11-12H2,1-3H3. The number of phenols is 1. The lowest BCUT2D eigenvalue weighted by Crippen LogP contribution is -2.41. The average Bonchev–Trinajstić information content (AvgIpc) is 2.44. The highest BCUT2D eigenvalue weighted by atomic mass is 16.5. The lowest BCUT2D eigenvalue weighted by Gasteiger charge is -2.38. The van der Waals surface area contributed by atoms with Crippen LogP contribution in [0.3, 0.4) is 0 Å². The van der Waals surface area contributed by atoms with Gasteiger partial charge in [-0.25, -0.2) is 0 Å². The Morgan fingerprint density at radius 3 is 2.65 bits per heavy atom. The number of methoxy groups -OCH3 is 1. The first-order valence-corrected chi connectivity index (χ1v) is 7.28. The second-order valence-electron chi connectivity index (χ2n) is 6.21. The van der Waals surface area contributed by atoms with Gasteiger partial charge in [0, 0.05) is 24.7 Å². The van der Waals surface area contributed by atoms with Gasteiger partial charge in [-0.15, -0.1) is 0 Å². The van der Waals surface area contributed by atoms with Gasteiger partial charge in [0.05, 0.1) is 7.11 Å². The molecule has 112 valence electrons. The van der Waals surface area contributed by atoms with Crippen molar-refractivity contribution in [2.75, 3.05) is 33.8 Å². The molecule has 1 fully saturated rings. The van der Waals surface area contributed by atoms with E-state index in [1.165, 1.54) is 25.9 Å². The second kappa shape index (κ2) is 6.46. The summed E-state index contributed by atoms with van der Waals surface area (Å²) in [5.41, 5.74) is 1.29. The molecule has 0 amide bonds. The largest absolute Gasteiger partial charge is 0.507 e. The number of aromatic hydroxyl groups is 1. The highest BCUT2D eigenvalue weighted by Gasteiger charge is 2.28. The van der Waals surface area contributed by atoms with E-state index in [4.69, 9.17) is 4.74 Å². The zero-order valence-electron chi connectivity index (χ0n) is 12.8. The number of benzene rings is 1. The third-order valence-electron chi connectivity index (χ3n) is 4.35. The van der Waals surface area contributed by atoms with Crippen molar-refractivity contribution < 1.29 is 9.84 Å². The molecule has 1 aliphatic rings. The molecule has 20 heavy (non-hydrogen) atoms. The summed E-state index contributed by atoms with van der Waals surface area (Å²) in [6, 6.07) is 5.46. The summed E-state index contributed by atoms with van der Waals surface area (Å²) >= 11 is 0. The van der Waals surface area contributed by atoms with E-state index in [-0.39, 0.29) is 0 Å². The van der Waals surface area contributed by atoms with E-state index in [2.05, 4.69) is 24.2 Å². The highest BCUT2D eigenvalue weighted by molar-refractivity contribution is 5.39. The molecule has 0 aromatic heterocycles. The SMILES string of the molecule is COc1ccc(CNCC2(C)CCN(C)CC2)c(O)c1. The van der Waals surface area contributed by atoms with Gasteiger partial charge in [-0.1, -0.05) is 13.0 Å². The molecule has 4 heteroatoms. The minimum atomic E-state index is 0.297. The van der Waals surface area contributed by atoms with E-state index >= 15 is 0 Å². The maximum Gasteiger partial charge on any atom is 0.123 e. The summed E-state index contributed by atoms with van der Waals surface area (Å²) in [6.45, 7) is 6.38. The summed E-state index contributed by atoms with van der Waals surface area (Å²) in [7, 11) is 3.79. The zero-order chi connectivity index (χ0) is 14.6. The number of nitrogens with zero attached hydrogens (tertiary/aromatic N) is 1. The molecule has 1 saturated heterocycles. The molecule has 0 atom stereocenters. The van der Waals surface area contributed by atoms with E-state index < -0.39 is 0 Å². The molecular weight excluding hydrogens is 252 g/mol. The van der Waals surface area contributed by atoms with Crippen LogP contribution in [-0.4, -0.2) is 43.8 Å². The molecule has 0 saturated carbocycles. The molecule has 0 spiro atoms. The van der Waals surface area contributed by atoms with Crippen LogP contribution in [0.25, 0.3) is 0 Å². The summed E-state index contributed by atoms with van der Waals surface area (Å²) in [6.07, 6.45) is 2.45. The fourth-order valence-corrected chi connectivity index (χ4v) is 2.65. The topological polar surface area (TPSA) is 44.7 Å². The minimum Gasteiger partial charge on any atom is -0.507 e. The Morgan fingerprint density at radius 1 is 1.35 bits per heavy atom. The number of rotatable bonds is 5. The van der Waals surface area contributed by atoms with Gasteiger partial charge in [0.15, 0.2) is 0 Å². The Balaban J connectivity index is 1.83. The Labute approximate surface area is 121 Å². The van der Waals surface area contributed by atoms with Gasteiger partial charge in [0.25, 0.3) is 0 Å². The van der Waals surface area contributed by atoms with Crippen LogP contribution in [0.2, 0.25) is 0 Å². The molecule has 1 aliphatic heterocycles. The summed E-state index contributed by atoms with van der Waals surface area (Å²) in [5, 5.41) is 13.4. The van der Waals surface area contributed by atoms with Gasteiger partial charge in [0.1, 0.15) is 11.5 Å². The number of likely N-dealkylation sites (tertiary alicyclic amines) is 1. The van der Waals surface area contributed by atoms with Gasteiger partial charge in [-0.3, -0.25) is 0 Å². The van der Waals surface area contributed by atoms with Gasteiger partial charge < -0.3 is 20.1 Å². The third kappa shape index (κ3) is 3.87. The fraction of sp³-hybridized carbons (Fsp3) is 0.625. The number of ether oxygens (including phenoxy) is 1. The first-order valence-electron chi connectivity index (χ1n) is 7.28. The highest BCUT2D eigenvalue weighted by Crippen LogP contribution is 2.30. The molecule has 0 radical (unpaired) electrons. The van der Waals surface area contributed by atoms with Crippen LogP contribution >= 0.6 is 0 Å². The van der Waals surface area contributed by atoms with Crippen LogP contribution in [0.15, 0.2) is 18.2 Å². The van der Waals surface area contributed by atoms with E-state index in [0.29, 0.717) is 23.5 Å². The zero-order valence-corrected chi connectivity index (χ0v) is 12.8. The molecule has 0 aliphatic carbocycles. The predicted octanol–water partition coefficient (Wildman–Crippen LogP) is 2.22. The Kier molecular flexibility index (Phi) is 4.89. The molecule has 2 N–H and O–H groups in total. The van der Waals surface area contributed by atoms with Crippen LogP contribution in [0, 0.1) is 5.41 Å². The summed E-state index contributed by atoms with van der Waals surface area (Å²) < 4.78 is 5.09. The van der Waals surface area contributed by atoms with E-state index in [1.807, 2.05) is 12.1 Å². The monoisotopic (exact) mass is 278 g/mol. The molecule has 0 unspecified atom stereocenters. The van der Waals surface area contributed by atoms with Crippen LogP contribution < -0.4 is 10.1 Å². The van der Waals surface area contributed by atoms with Crippen molar-refractivity contribution in [3.63, 3.8) is 0 Å². The number of hydrogen-bond acceptors (Lipinski definition) is 4. The molecule has 1 aromatic rings. The van der Waals surface area contributed by atoms with Crippen LogP contribution in [0.1, 0.15) is 25.3 Å². The van der Waals surface area contributed by atoms with Crippen LogP contribution in [0.5, 0.6) is 11.5 Å². The van der Waals surface area contributed by atoms with Gasteiger partial charge >= 0.3 is 0 Å². The van der Waals surface area contributed by atoms with Crippen molar-refractivity contribution in [1.29, 1.82) is 0 Å². The van der Waals surface area contributed by atoms with Crippen molar-refractivity contribution in [3.8, 4) is 11.5 Å². The maximum absolute atomic E-state index is 9.93. The van der Waals surface area contributed by atoms with E-state index in [9.17, 15) is 5.11 Å². The lowest BCUT2D eigenvalue weighted by atomic mass is 9.80. The van der Waals surface area contributed by atoms with Crippen LogP contribution in [0.4, 0.5) is 0 Å². The average molecular weight is 278 g/mol. The maximum atomic E-state index is 9.93. The molecule has 1 heterocycles. The summed E-state index contributed by atoms with van der Waals surface area (Å²) in [5.74, 6) is 0.985. The normalized spacial score (nSPS) is 18.9. The smallest absolute Gasteiger partial charge is 0.123 e. The molecule has 1 aromatic carbocycles. The number of nitrogens with one attached hydrogen (secondary N) is 1. The predicted molar refractivity (Wildman–Crippen MR) is 81.2 cm³/mol. The first-order chi connectivity index (χ1) is 9.52. The quantitative estimate of drug-likeness (QED) is 0.867. The van der Waals surface area contributed by atoms with Crippen molar-refractivity contribution in [3.05, 3.63) is 23.8 Å². The summed E-state index contributed by atoms with van der Waals surface area (Å²) in [4.78, 5) is 2.39. The molecule has 2 rings (SSSR count). The van der Waals surface area contributed by atoms with Crippen LogP contribution in [-0.2, 0) is 6.54 Å². The number of piperidine rings is 1. The molecule has 0 bridgehead atoms. The number of phenolic OH excluding ortho intramolecular Hbond substituents is 1. The van der Waals surface area contributed by atoms with Crippen molar-refractivity contribution in [2.24, 2.45) is 5.41 Å². The van der Waals surface area contributed by atoms with Gasteiger partial charge in [-0.2, -0.15) is 0 Å². The Morgan fingerprint density at radius 2 is 2.05 bits per heavy atom.